The fraction of sp³-hybridized carbons (Fsp3) is 0. The Morgan fingerprint density at radius 1 is 0.917 bits per heavy atom. The predicted octanol–water partition coefficient (Wildman–Crippen LogP) is 0.164. The molecule has 0 atom stereocenters. The van der Waals surface area contributed by atoms with Crippen molar-refractivity contribution in [2.45, 2.75) is 0 Å². The molecule has 0 spiro atoms. The van der Waals surface area contributed by atoms with Gasteiger partial charge >= 0.3 is 0 Å². The number of hydrogen-bond donors (Lipinski definition) is 0. The van der Waals surface area contributed by atoms with E-state index in [0.717, 1.165) is 10.6 Å². The van der Waals surface area contributed by atoms with E-state index in [4.69, 9.17) is 0 Å². The minimum Gasteiger partial charge on any atom is -0.159 e. The second-order valence-corrected chi connectivity index (χ2v) is 2.47. The minimum absolute atomic E-state index is 0.915. The van der Waals surface area contributed by atoms with Crippen molar-refractivity contribution in [1.82, 2.24) is 10.2 Å². The summed E-state index contributed by atoms with van der Waals surface area (Å²) in [6.07, 6.45) is 13.6. The Morgan fingerprint density at radius 3 is 2.67 bits per heavy atom. The Hall–Kier alpha value is -1.70. The summed E-state index contributed by atoms with van der Waals surface area (Å²) in [6, 6.07) is 1.95. The molecule has 1 aromatic heterocycles. The first-order chi connectivity index (χ1) is 5.97. The molecule has 1 aliphatic carbocycles. The molecule has 58 valence electrons. The fourth-order valence-corrected chi connectivity index (χ4v) is 1.06. The van der Waals surface area contributed by atoms with Crippen molar-refractivity contribution in [3.05, 3.63) is 47.1 Å². The zero-order chi connectivity index (χ0) is 8.23. The first kappa shape index (κ1) is 6.98. The molecular formula is C10H8N2. The molecule has 2 nitrogen and oxygen atoms in total. The topological polar surface area (TPSA) is 25.8 Å². The molecule has 0 saturated heterocycles. The van der Waals surface area contributed by atoms with Gasteiger partial charge in [-0.25, -0.2) is 0 Å². The van der Waals surface area contributed by atoms with Crippen molar-refractivity contribution in [2.24, 2.45) is 0 Å². The maximum Gasteiger partial charge on any atom is 0.0929 e. The number of rotatable bonds is 0. The van der Waals surface area contributed by atoms with Crippen LogP contribution >= 0.6 is 0 Å². The SMILES string of the molecule is C1=C/C=c2/ccnn/c2=C/C=C1. The van der Waals surface area contributed by atoms with Crippen molar-refractivity contribution >= 4 is 12.2 Å². The van der Waals surface area contributed by atoms with Gasteiger partial charge in [-0.15, -0.1) is 0 Å². The third-order valence-corrected chi connectivity index (χ3v) is 1.65. The van der Waals surface area contributed by atoms with Crippen molar-refractivity contribution in [1.29, 1.82) is 0 Å². The summed E-state index contributed by atoms with van der Waals surface area (Å²) in [5.74, 6) is 0. The standard InChI is InChI=1S/C10H8N2/c1-2-4-6-10-9(5-3-1)7-8-11-12-10/h1-8H/b2-1?,3-1?,4-2?,5-3?,6-4?,9-5-,10-6+. The fourth-order valence-electron chi connectivity index (χ4n) is 1.06. The predicted molar refractivity (Wildman–Crippen MR) is 48.5 cm³/mol. The van der Waals surface area contributed by atoms with Gasteiger partial charge in [0.2, 0.25) is 0 Å². The minimum atomic E-state index is 0.915. The summed E-state index contributed by atoms with van der Waals surface area (Å²) >= 11 is 0. The van der Waals surface area contributed by atoms with E-state index in [9.17, 15) is 0 Å². The van der Waals surface area contributed by atoms with Crippen molar-refractivity contribution in [3.8, 4) is 0 Å². The lowest BCUT2D eigenvalue weighted by Crippen LogP contribution is -2.28. The second-order valence-electron chi connectivity index (χ2n) is 2.47. The van der Waals surface area contributed by atoms with Crippen LogP contribution in [-0.4, -0.2) is 10.2 Å². The molecule has 0 unspecified atom stereocenters. The van der Waals surface area contributed by atoms with Crippen LogP contribution < -0.4 is 10.6 Å². The van der Waals surface area contributed by atoms with Gasteiger partial charge in [0.15, 0.2) is 0 Å². The quantitative estimate of drug-likeness (QED) is 0.535. The van der Waals surface area contributed by atoms with E-state index in [1.165, 1.54) is 0 Å². The highest BCUT2D eigenvalue weighted by atomic mass is 15.1. The third-order valence-electron chi connectivity index (χ3n) is 1.65. The van der Waals surface area contributed by atoms with Gasteiger partial charge in [0.05, 0.1) is 11.5 Å². The highest BCUT2D eigenvalue weighted by molar-refractivity contribution is 5.45. The van der Waals surface area contributed by atoms with Gasteiger partial charge in [-0.05, 0) is 12.1 Å². The molecule has 0 aromatic carbocycles. The first-order valence-corrected chi connectivity index (χ1v) is 3.80. The lowest BCUT2D eigenvalue weighted by atomic mass is 10.2. The summed E-state index contributed by atoms with van der Waals surface area (Å²) in [5, 5.41) is 9.83. The van der Waals surface area contributed by atoms with E-state index in [-0.39, 0.29) is 0 Å². The lowest BCUT2D eigenvalue weighted by Gasteiger charge is -1.87. The van der Waals surface area contributed by atoms with Gasteiger partial charge in [0.25, 0.3) is 0 Å². The molecule has 0 radical (unpaired) electrons. The van der Waals surface area contributed by atoms with Crippen LogP contribution in [0.5, 0.6) is 0 Å². The van der Waals surface area contributed by atoms with Gasteiger partial charge in [-0.1, -0.05) is 30.4 Å². The summed E-state index contributed by atoms with van der Waals surface area (Å²) in [7, 11) is 0. The summed E-state index contributed by atoms with van der Waals surface area (Å²) in [6.45, 7) is 0. The zero-order valence-electron chi connectivity index (χ0n) is 6.51. The highest BCUT2D eigenvalue weighted by Gasteiger charge is 1.84. The highest BCUT2D eigenvalue weighted by Crippen LogP contribution is 1.81. The maximum atomic E-state index is 4.00. The van der Waals surface area contributed by atoms with E-state index >= 15 is 0 Å². The lowest BCUT2D eigenvalue weighted by molar-refractivity contribution is 0.982. The van der Waals surface area contributed by atoms with Gasteiger partial charge < -0.3 is 0 Å². The van der Waals surface area contributed by atoms with E-state index < -0.39 is 0 Å². The number of aromatic nitrogens is 2. The van der Waals surface area contributed by atoms with Gasteiger partial charge in [0.1, 0.15) is 0 Å². The number of allylic oxidation sites excluding steroid dienone is 4. The first-order valence-electron chi connectivity index (χ1n) is 3.80. The molecule has 0 saturated carbocycles. The van der Waals surface area contributed by atoms with Crippen molar-refractivity contribution in [2.75, 3.05) is 0 Å². The smallest absolute Gasteiger partial charge is 0.0929 e. The molecular weight excluding hydrogens is 148 g/mol. The van der Waals surface area contributed by atoms with Crippen LogP contribution in [0.25, 0.3) is 12.2 Å². The molecule has 1 aromatic rings. The molecule has 1 heterocycles. The van der Waals surface area contributed by atoms with Crippen LogP contribution in [-0.2, 0) is 0 Å². The van der Waals surface area contributed by atoms with Crippen LogP contribution in [0, 0.1) is 0 Å². The van der Waals surface area contributed by atoms with E-state index in [2.05, 4.69) is 10.2 Å². The van der Waals surface area contributed by atoms with Crippen LogP contribution in [0.15, 0.2) is 36.6 Å². The van der Waals surface area contributed by atoms with Crippen molar-refractivity contribution < 1.29 is 0 Å². The monoisotopic (exact) mass is 156 g/mol. The Balaban J connectivity index is 2.80. The molecule has 0 amide bonds. The van der Waals surface area contributed by atoms with Crippen LogP contribution in [0.2, 0.25) is 0 Å². The number of nitrogens with zero attached hydrogens (tertiary/aromatic N) is 2. The van der Waals surface area contributed by atoms with E-state index in [1.807, 2.05) is 42.5 Å². The molecule has 12 heavy (non-hydrogen) atoms. The Kier molecular flexibility index (Phi) is 1.82. The van der Waals surface area contributed by atoms with Crippen LogP contribution in [0.1, 0.15) is 0 Å². The average Bonchev–Trinajstić information content (AvgIpc) is 2.06. The Labute approximate surface area is 70.3 Å². The molecule has 0 N–H and O–H groups in total. The number of hydrogen-bond acceptors (Lipinski definition) is 2. The molecule has 0 bridgehead atoms. The normalized spacial score (nSPS) is 19.3. The Bertz CT molecular complexity index is 398. The number of fused-ring (bicyclic) bond motifs is 1. The molecule has 0 fully saturated rings. The molecule has 2 rings (SSSR count). The molecule has 2 heteroatoms. The van der Waals surface area contributed by atoms with Gasteiger partial charge in [0, 0.05) is 5.22 Å². The van der Waals surface area contributed by atoms with Crippen LogP contribution in [0.4, 0.5) is 0 Å². The second kappa shape index (κ2) is 3.13. The molecule has 0 aliphatic heterocycles. The average molecular weight is 156 g/mol. The molecule has 1 aliphatic rings. The van der Waals surface area contributed by atoms with E-state index in [0.29, 0.717) is 0 Å². The summed E-state index contributed by atoms with van der Waals surface area (Å²) < 4.78 is 0. The zero-order valence-corrected chi connectivity index (χ0v) is 6.51. The Morgan fingerprint density at radius 2 is 1.75 bits per heavy atom. The maximum absolute atomic E-state index is 4.00. The summed E-state index contributed by atoms with van der Waals surface area (Å²) in [4.78, 5) is 0. The third kappa shape index (κ3) is 1.32. The van der Waals surface area contributed by atoms with Crippen LogP contribution in [0.3, 0.4) is 0 Å². The van der Waals surface area contributed by atoms with Gasteiger partial charge in [-0.3, -0.25) is 0 Å². The summed E-state index contributed by atoms with van der Waals surface area (Å²) in [5.41, 5.74) is 0. The van der Waals surface area contributed by atoms with Crippen molar-refractivity contribution in [3.63, 3.8) is 0 Å². The van der Waals surface area contributed by atoms with E-state index in [1.54, 1.807) is 6.20 Å². The van der Waals surface area contributed by atoms with Gasteiger partial charge in [-0.2, -0.15) is 10.2 Å². The largest absolute Gasteiger partial charge is 0.159 e.